The molecular formula is C22H28F3N5O2. The lowest BCUT2D eigenvalue weighted by molar-refractivity contribution is -0.137. The second kappa shape index (κ2) is 9.32. The van der Waals surface area contributed by atoms with Crippen molar-refractivity contribution in [3.8, 4) is 0 Å². The van der Waals surface area contributed by atoms with Gasteiger partial charge in [0.1, 0.15) is 17.8 Å². The van der Waals surface area contributed by atoms with Crippen molar-refractivity contribution < 1.29 is 22.7 Å². The van der Waals surface area contributed by atoms with Crippen molar-refractivity contribution >= 4 is 23.3 Å². The molecular weight excluding hydrogens is 423 g/mol. The van der Waals surface area contributed by atoms with Gasteiger partial charge >= 0.3 is 12.3 Å². The molecule has 1 aromatic heterocycles. The van der Waals surface area contributed by atoms with Crippen LogP contribution in [0.5, 0.6) is 0 Å². The van der Waals surface area contributed by atoms with Gasteiger partial charge in [0.05, 0.1) is 11.3 Å². The van der Waals surface area contributed by atoms with E-state index in [2.05, 4.69) is 27.2 Å². The van der Waals surface area contributed by atoms with E-state index in [9.17, 15) is 18.0 Å². The maximum absolute atomic E-state index is 13.8. The Morgan fingerprint density at radius 2 is 2.12 bits per heavy atom. The van der Waals surface area contributed by atoms with Crippen LogP contribution >= 0.6 is 0 Å². The second-order valence-corrected chi connectivity index (χ2v) is 8.29. The highest BCUT2D eigenvalue weighted by molar-refractivity contribution is 6.13. The summed E-state index contributed by atoms with van der Waals surface area (Å²) < 4.78 is 46.7. The molecule has 2 atom stereocenters. The van der Waals surface area contributed by atoms with E-state index in [4.69, 9.17) is 4.74 Å². The summed E-state index contributed by atoms with van der Waals surface area (Å²) in [4.78, 5) is 22.5. The summed E-state index contributed by atoms with van der Waals surface area (Å²) in [5.74, 6) is 0.316. The number of hydrogen-bond donors (Lipinski definition) is 2. The van der Waals surface area contributed by atoms with Crippen LogP contribution in [0.2, 0.25) is 0 Å². The number of carbonyl (C=O) groups is 1. The fourth-order valence-electron chi connectivity index (χ4n) is 3.87. The lowest BCUT2D eigenvalue weighted by atomic mass is 9.91. The first-order valence-electron chi connectivity index (χ1n) is 10.5. The predicted octanol–water partition coefficient (Wildman–Crippen LogP) is 3.98. The molecule has 174 valence electrons. The van der Waals surface area contributed by atoms with Crippen molar-refractivity contribution in [1.82, 2.24) is 15.6 Å². The zero-order valence-electron chi connectivity index (χ0n) is 18.6. The Kier molecular flexibility index (Phi) is 6.92. The van der Waals surface area contributed by atoms with Crippen molar-refractivity contribution in [2.24, 2.45) is 10.9 Å². The van der Waals surface area contributed by atoms with Crippen LogP contribution in [0.25, 0.3) is 5.57 Å². The quantitative estimate of drug-likeness (QED) is 0.724. The van der Waals surface area contributed by atoms with Gasteiger partial charge in [-0.15, -0.1) is 0 Å². The predicted molar refractivity (Wildman–Crippen MR) is 117 cm³/mol. The monoisotopic (exact) mass is 451 g/mol. The van der Waals surface area contributed by atoms with E-state index in [1.807, 2.05) is 25.7 Å². The number of nitrogens with zero attached hydrogens (tertiary/aromatic N) is 3. The Bertz CT molecular complexity index is 955. The van der Waals surface area contributed by atoms with E-state index in [0.717, 1.165) is 12.1 Å². The molecule has 2 aliphatic rings. The SMILES string of the molecule is C=CN=C1NC(=O)O[C@H](C(C)C)/C1=C(/C)c1cc(C(F)(F)F)cc(N2CCN[C@@H](C)C2)n1. The molecule has 10 heteroatoms. The van der Waals surface area contributed by atoms with Gasteiger partial charge in [-0.3, -0.25) is 5.32 Å². The Labute approximate surface area is 185 Å². The number of amidine groups is 1. The third kappa shape index (κ3) is 5.12. The van der Waals surface area contributed by atoms with Crippen LogP contribution in [0.1, 0.15) is 39.0 Å². The number of ether oxygens (including phenoxy) is 1. The number of carbonyl (C=O) groups excluding carboxylic acids is 1. The maximum Gasteiger partial charge on any atom is 0.416 e. The highest BCUT2D eigenvalue weighted by Gasteiger charge is 2.36. The summed E-state index contributed by atoms with van der Waals surface area (Å²) in [5, 5.41) is 5.80. The highest BCUT2D eigenvalue weighted by Crippen LogP contribution is 2.35. The van der Waals surface area contributed by atoms with Crippen molar-refractivity contribution in [3.63, 3.8) is 0 Å². The number of alkyl halides is 3. The minimum Gasteiger partial charge on any atom is -0.441 e. The average molecular weight is 451 g/mol. The second-order valence-electron chi connectivity index (χ2n) is 8.29. The summed E-state index contributed by atoms with van der Waals surface area (Å²) in [6, 6.07) is 2.23. The molecule has 0 saturated carbocycles. The number of piperazine rings is 1. The number of aliphatic imine (C=N–C) groups is 1. The van der Waals surface area contributed by atoms with Gasteiger partial charge in [0.15, 0.2) is 0 Å². The fourth-order valence-corrected chi connectivity index (χ4v) is 3.87. The van der Waals surface area contributed by atoms with Gasteiger partial charge in [-0.25, -0.2) is 14.8 Å². The molecule has 0 radical (unpaired) electrons. The molecule has 2 aliphatic heterocycles. The number of aromatic nitrogens is 1. The zero-order valence-corrected chi connectivity index (χ0v) is 18.6. The van der Waals surface area contributed by atoms with E-state index < -0.39 is 23.9 Å². The average Bonchev–Trinajstić information content (AvgIpc) is 2.72. The van der Waals surface area contributed by atoms with Gasteiger partial charge in [-0.2, -0.15) is 13.2 Å². The van der Waals surface area contributed by atoms with E-state index >= 15 is 0 Å². The first-order valence-corrected chi connectivity index (χ1v) is 10.5. The number of anilines is 1. The minimum atomic E-state index is -4.54. The number of amides is 1. The molecule has 0 bridgehead atoms. The molecule has 32 heavy (non-hydrogen) atoms. The van der Waals surface area contributed by atoms with Crippen LogP contribution in [0.3, 0.4) is 0 Å². The van der Waals surface area contributed by atoms with E-state index in [-0.39, 0.29) is 29.3 Å². The normalized spacial score (nSPS) is 24.9. The minimum absolute atomic E-state index is 0.126. The standard InChI is InChI=1S/C22H28F3N5O2/c1-6-26-20-18(19(12(2)3)32-21(31)29-20)14(5)16-9-15(22(23,24)25)10-17(28-16)30-8-7-27-13(4)11-30/h6,9-10,12-13,19,27H,1,7-8,11H2,2-5H3,(H,26,29,31)/b18-14+/t13-,19+/m0/s1. The number of nitrogens with one attached hydrogen (secondary N) is 2. The van der Waals surface area contributed by atoms with Crippen LogP contribution in [0, 0.1) is 5.92 Å². The fraction of sp³-hybridized carbons (Fsp3) is 0.500. The number of allylic oxidation sites excluding steroid dienone is 1. The summed E-state index contributed by atoms with van der Waals surface area (Å²) >= 11 is 0. The van der Waals surface area contributed by atoms with Crippen molar-refractivity contribution in [2.75, 3.05) is 24.5 Å². The van der Waals surface area contributed by atoms with Crippen molar-refractivity contribution in [2.45, 2.75) is 46.0 Å². The van der Waals surface area contributed by atoms with Gasteiger partial charge in [0.2, 0.25) is 0 Å². The van der Waals surface area contributed by atoms with Gasteiger partial charge in [-0.1, -0.05) is 20.4 Å². The number of hydrogen-bond acceptors (Lipinski definition) is 6. The van der Waals surface area contributed by atoms with E-state index in [1.165, 1.54) is 6.20 Å². The molecule has 7 nitrogen and oxygen atoms in total. The number of pyridine rings is 1. The smallest absolute Gasteiger partial charge is 0.416 e. The molecule has 1 aromatic rings. The lowest BCUT2D eigenvalue weighted by Gasteiger charge is -2.34. The Morgan fingerprint density at radius 1 is 1.41 bits per heavy atom. The van der Waals surface area contributed by atoms with Crippen LogP contribution in [-0.2, 0) is 10.9 Å². The molecule has 1 amide bonds. The van der Waals surface area contributed by atoms with Gasteiger partial charge in [-0.05, 0) is 37.5 Å². The molecule has 3 heterocycles. The number of alkyl carbamates (subject to hydrolysis) is 1. The Balaban J connectivity index is 2.19. The first-order chi connectivity index (χ1) is 15.0. The largest absolute Gasteiger partial charge is 0.441 e. The first kappa shape index (κ1) is 23.8. The van der Waals surface area contributed by atoms with Gasteiger partial charge < -0.3 is 15.0 Å². The number of cyclic esters (lactones) is 1. The third-order valence-electron chi connectivity index (χ3n) is 5.44. The number of halogens is 3. The van der Waals surface area contributed by atoms with Gasteiger partial charge in [0.25, 0.3) is 0 Å². The lowest BCUT2D eigenvalue weighted by Crippen LogP contribution is -2.49. The van der Waals surface area contributed by atoms with Gasteiger partial charge in [0, 0.05) is 37.4 Å². The zero-order chi connectivity index (χ0) is 23.6. The van der Waals surface area contributed by atoms with Crippen LogP contribution < -0.4 is 15.5 Å². The molecule has 2 fully saturated rings. The Morgan fingerprint density at radius 3 is 2.72 bits per heavy atom. The van der Waals surface area contributed by atoms with E-state index in [1.54, 1.807) is 6.92 Å². The Hall–Kier alpha value is -2.88. The molecule has 0 spiro atoms. The van der Waals surface area contributed by atoms with Crippen LogP contribution in [0.15, 0.2) is 35.5 Å². The highest BCUT2D eigenvalue weighted by atomic mass is 19.4. The molecule has 0 aromatic carbocycles. The molecule has 2 N–H and O–H groups in total. The maximum atomic E-state index is 13.8. The summed E-state index contributed by atoms with van der Waals surface area (Å²) in [6.07, 6.45) is -4.64. The molecule has 0 unspecified atom stereocenters. The summed E-state index contributed by atoms with van der Waals surface area (Å²) in [7, 11) is 0. The summed E-state index contributed by atoms with van der Waals surface area (Å²) in [5.41, 5.74) is 0.289. The molecule has 2 saturated heterocycles. The van der Waals surface area contributed by atoms with E-state index in [0.29, 0.717) is 30.8 Å². The molecule has 3 rings (SSSR count). The number of rotatable bonds is 4. The van der Waals surface area contributed by atoms with Crippen molar-refractivity contribution in [3.05, 3.63) is 41.7 Å². The molecule has 0 aliphatic carbocycles. The summed E-state index contributed by atoms with van der Waals surface area (Å²) in [6.45, 7) is 12.7. The van der Waals surface area contributed by atoms with Crippen molar-refractivity contribution in [1.29, 1.82) is 0 Å². The van der Waals surface area contributed by atoms with Crippen LogP contribution in [0.4, 0.5) is 23.8 Å². The van der Waals surface area contributed by atoms with Crippen LogP contribution in [-0.4, -0.2) is 48.7 Å². The third-order valence-corrected chi connectivity index (χ3v) is 5.44. The topological polar surface area (TPSA) is 78.8 Å².